The van der Waals surface area contributed by atoms with Crippen LogP contribution in [0.1, 0.15) is 42.0 Å². The molecular weight excluding hydrogens is 559 g/mol. The molecule has 0 atom stereocenters. The predicted octanol–water partition coefficient (Wildman–Crippen LogP) is 5.38. The summed E-state index contributed by atoms with van der Waals surface area (Å²) in [5, 5.41) is 7.54. The van der Waals surface area contributed by atoms with Crippen LogP contribution in [0.15, 0.2) is 42.1 Å². The molecule has 1 amide bonds. The zero-order valence-corrected chi connectivity index (χ0v) is 22.5. The smallest absolute Gasteiger partial charge is 0.404 e. The van der Waals surface area contributed by atoms with Gasteiger partial charge in [-0.15, -0.1) is 0 Å². The molecular formula is C26H27F5N4O4S. The van der Waals surface area contributed by atoms with Crippen molar-refractivity contribution in [2.24, 2.45) is 5.73 Å². The number of nitrogens with zero attached hydrogens (tertiary/aromatic N) is 2. The normalized spacial score (nSPS) is 14.7. The molecule has 14 heteroatoms. The quantitative estimate of drug-likeness (QED) is 0.141. The minimum Gasteiger partial charge on any atom is -0.404 e. The predicted molar refractivity (Wildman–Crippen MR) is 142 cm³/mol. The highest BCUT2D eigenvalue weighted by molar-refractivity contribution is 7.88. The van der Waals surface area contributed by atoms with E-state index in [4.69, 9.17) is 11.1 Å². The van der Waals surface area contributed by atoms with Crippen LogP contribution < -0.4 is 14.8 Å². The number of nitrogens with one attached hydrogen (secondary N) is 1. The van der Waals surface area contributed by atoms with Crippen LogP contribution in [0, 0.1) is 5.41 Å². The number of nitrogens with two attached hydrogens (primary N) is 1. The van der Waals surface area contributed by atoms with Gasteiger partial charge in [0.15, 0.2) is 0 Å². The highest BCUT2D eigenvalue weighted by atomic mass is 32.2. The molecule has 3 N–H and O–H groups in total. The fourth-order valence-electron chi connectivity index (χ4n) is 4.30. The number of hydrogen-bond acceptors (Lipinski definition) is 7. The second kappa shape index (κ2) is 11.7. The maximum atomic E-state index is 14.1. The Bertz CT molecular complexity index is 1480. The van der Waals surface area contributed by atoms with Crippen LogP contribution in [0.3, 0.4) is 0 Å². The van der Waals surface area contributed by atoms with E-state index in [-0.39, 0.29) is 34.8 Å². The molecule has 0 aromatic heterocycles. The van der Waals surface area contributed by atoms with Crippen molar-refractivity contribution in [1.29, 1.82) is 5.41 Å². The molecule has 2 aromatic carbocycles. The van der Waals surface area contributed by atoms with E-state index >= 15 is 0 Å². The van der Waals surface area contributed by atoms with E-state index < -0.39 is 33.4 Å². The number of rotatable bonds is 8. The number of benzene rings is 2. The van der Waals surface area contributed by atoms with Crippen molar-refractivity contribution in [3.8, 4) is 5.75 Å². The lowest BCUT2D eigenvalue weighted by Crippen LogP contribution is -2.28. The van der Waals surface area contributed by atoms with Gasteiger partial charge in [0.05, 0.1) is 5.69 Å². The van der Waals surface area contributed by atoms with Crippen molar-refractivity contribution in [3.63, 3.8) is 0 Å². The third-order valence-electron chi connectivity index (χ3n) is 6.15. The first kappa shape index (κ1) is 30.6. The lowest BCUT2D eigenvalue weighted by Gasteiger charge is -2.34. The van der Waals surface area contributed by atoms with Gasteiger partial charge in [0.25, 0.3) is 6.43 Å². The fraction of sp³-hybridized carbons (Fsp3) is 0.308. The molecule has 0 aliphatic carbocycles. The second-order valence-electron chi connectivity index (χ2n) is 9.12. The number of halogens is 5. The second-order valence-corrected chi connectivity index (χ2v) is 10.7. The van der Waals surface area contributed by atoms with Gasteiger partial charge in [0, 0.05) is 61.5 Å². The summed E-state index contributed by atoms with van der Waals surface area (Å²) in [6, 6.07) is 6.04. The number of aryl methyl sites for hydroxylation is 1. The SMILES string of the molecule is C/C(=C/c1ccc(OS(=O)(=O)C(F)(F)F)cc1N1CCCc2cc(/C(C=N)=C/N)c(C(F)F)cc21)C(=O)N(C)C. The number of allylic oxidation sites excluding steroid dienone is 1. The van der Waals surface area contributed by atoms with E-state index in [1.807, 2.05) is 0 Å². The molecule has 1 heterocycles. The number of amides is 1. The van der Waals surface area contributed by atoms with E-state index in [2.05, 4.69) is 4.18 Å². The van der Waals surface area contributed by atoms with Gasteiger partial charge < -0.3 is 25.1 Å². The van der Waals surface area contributed by atoms with Gasteiger partial charge in [-0.1, -0.05) is 0 Å². The largest absolute Gasteiger partial charge is 0.534 e. The first-order chi connectivity index (χ1) is 18.6. The minimum atomic E-state index is -5.99. The van der Waals surface area contributed by atoms with Crippen molar-refractivity contribution in [3.05, 3.63) is 64.4 Å². The zero-order valence-electron chi connectivity index (χ0n) is 21.7. The Labute approximate surface area is 228 Å². The summed E-state index contributed by atoms with van der Waals surface area (Å²) >= 11 is 0. The number of hydrogen-bond donors (Lipinski definition) is 2. The van der Waals surface area contributed by atoms with E-state index in [9.17, 15) is 35.2 Å². The highest BCUT2D eigenvalue weighted by Gasteiger charge is 2.48. The molecule has 0 bridgehead atoms. The van der Waals surface area contributed by atoms with Crippen molar-refractivity contribution in [2.45, 2.75) is 31.7 Å². The van der Waals surface area contributed by atoms with Gasteiger partial charge in [-0.05, 0) is 66.8 Å². The molecule has 1 aliphatic rings. The maximum Gasteiger partial charge on any atom is 0.534 e. The summed E-state index contributed by atoms with van der Waals surface area (Å²) in [6.07, 6.45) is 1.35. The van der Waals surface area contributed by atoms with Crippen molar-refractivity contribution in [1.82, 2.24) is 4.90 Å². The maximum absolute atomic E-state index is 14.1. The van der Waals surface area contributed by atoms with Crippen molar-refractivity contribution < 1.29 is 39.3 Å². The zero-order chi connectivity index (χ0) is 30.0. The van der Waals surface area contributed by atoms with Crippen LogP contribution in [0.5, 0.6) is 5.75 Å². The van der Waals surface area contributed by atoms with Crippen LogP contribution in [-0.4, -0.2) is 51.6 Å². The van der Waals surface area contributed by atoms with Gasteiger partial charge in [0.1, 0.15) is 5.75 Å². The number of fused-ring (bicyclic) bond motifs is 1. The summed E-state index contributed by atoms with van der Waals surface area (Å²) in [5.74, 6) is -1.02. The molecule has 0 spiro atoms. The molecule has 3 rings (SSSR count). The monoisotopic (exact) mass is 586 g/mol. The van der Waals surface area contributed by atoms with Crippen LogP contribution >= 0.6 is 0 Å². The van der Waals surface area contributed by atoms with Gasteiger partial charge in [-0.2, -0.15) is 21.6 Å². The minimum absolute atomic E-state index is 0.0639. The Morgan fingerprint density at radius 1 is 1.18 bits per heavy atom. The molecule has 8 nitrogen and oxygen atoms in total. The summed E-state index contributed by atoms with van der Waals surface area (Å²) in [7, 11) is -2.93. The first-order valence-electron chi connectivity index (χ1n) is 11.8. The number of likely N-dealkylation sites (N-methyl/N-ethyl adjacent to an activating group) is 1. The van der Waals surface area contributed by atoms with Crippen LogP contribution in [-0.2, 0) is 21.3 Å². The molecule has 216 valence electrons. The average Bonchev–Trinajstić information content (AvgIpc) is 2.88. The molecule has 1 aliphatic heterocycles. The molecule has 0 radical (unpaired) electrons. The molecule has 0 unspecified atom stereocenters. The average molecular weight is 587 g/mol. The number of carbonyl (C=O) groups is 1. The fourth-order valence-corrected chi connectivity index (χ4v) is 4.75. The van der Waals surface area contributed by atoms with Gasteiger partial charge in [-0.25, -0.2) is 8.78 Å². The first-order valence-corrected chi connectivity index (χ1v) is 13.2. The van der Waals surface area contributed by atoms with Gasteiger partial charge >= 0.3 is 15.6 Å². The van der Waals surface area contributed by atoms with E-state index in [0.29, 0.717) is 29.7 Å². The van der Waals surface area contributed by atoms with E-state index in [1.54, 1.807) is 4.90 Å². The topological polar surface area (TPSA) is 117 Å². The lowest BCUT2D eigenvalue weighted by molar-refractivity contribution is -0.124. The molecule has 2 aromatic rings. The Morgan fingerprint density at radius 2 is 1.85 bits per heavy atom. The molecule has 0 saturated carbocycles. The molecule has 0 saturated heterocycles. The molecule has 40 heavy (non-hydrogen) atoms. The Balaban J connectivity index is 2.27. The van der Waals surface area contributed by atoms with Crippen molar-refractivity contribution >= 4 is 45.3 Å². The summed E-state index contributed by atoms with van der Waals surface area (Å²) in [4.78, 5) is 15.3. The summed E-state index contributed by atoms with van der Waals surface area (Å²) < 4.78 is 94.9. The molecule has 0 fully saturated rings. The number of carbonyl (C=O) groups excluding carboxylic acids is 1. The van der Waals surface area contributed by atoms with Gasteiger partial charge in [0.2, 0.25) is 5.91 Å². The summed E-state index contributed by atoms with van der Waals surface area (Å²) in [5.41, 5.74) is 1.17. The van der Waals surface area contributed by atoms with Crippen LogP contribution in [0.2, 0.25) is 0 Å². The van der Waals surface area contributed by atoms with Crippen LogP contribution in [0.4, 0.5) is 33.3 Å². The highest BCUT2D eigenvalue weighted by Crippen LogP contribution is 2.42. The third kappa shape index (κ3) is 6.27. The third-order valence-corrected chi connectivity index (χ3v) is 7.13. The van der Waals surface area contributed by atoms with Gasteiger partial charge in [-0.3, -0.25) is 4.79 Å². The van der Waals surface area contributed by atoms with E-state index in [1.165, 1.54) is 50.2 Å². The Hall–Kier alpha value is -3.94. The van der Waals surface area contributed by atoms with Crippen LogP contribution in [0.25, 0.3) is 11.6 Å². The number of anilines is 2. The van der Waals surface area contributed by atoms with E-state index in [0.717, 1.165) is 24.5 Å². The van der Waals surface area contributed by atoms with Crippen molar-refractivity contribution in [2.75, 3.05) is 25.5 Å². The summed E-state index contributed by atoms with van der Waals surface area (Å²) in [6.45, 7) is 1.75. The Kier molecular flexibility index (Phi) is 8.92. The number of alkyl halides is 5. The standard InChI is InChI=1S/C26H27F5N4O4S/c1-15(25(36)34(2)3)9-17-6-7-19(39-40(37,38)26(29,30)31)11-22(17)35-8-4-5-16-10-20(18(13-32)14-33)21(24(27)28)12-23(16)35/h6-7,9-14,24,32H,4-5,8,33H2,1-3H3/b15-9-,18-14+,32-13?. The lowest BCUT2D eigenvalue weighted by atomic mass is 9.91. The Morgan fingerprint density at radius 3 is 2.40 bits per heavy atom.